The summed E-state index contributed by atoms with van der Waals surface area (Å²) in [6.45, 7) is 7.90. The smallest absolute Gasteiger partial charge is 0.212 e. The van der Waals surface area contributed by atoms with E-state index >= 15 is 0 Å². The summed E-state index contributed by atoms with van der Waals surface area (Å²) in [4.78, 5) is 9.40. The molecule has 1 aromatic heterocycles. The molecule has 0 saturated heterocycles. The Bertz CT molecular complexity index is 1110. The highest BCUT2D eigenvalue weighted by Gasteiger charge is 2.27. The lowest BCUT2D eigenvalue weighted by Crippen LogP contribution is -2.31. The summed E-state index contributed by atoms with van der Waals surface area (Å²) in [5.74, 6) is 2.48. The molecule has 0 fully saturated rings. The number of nitrogens with one attached hydrogen (secondary N) is 1. The van der Waals surface area contributed by atoms with Gasteiger partial charge < -0.3 is 15.2 Å². The summed E-state index contributed by atoms with van der Waals surface area (Å²) in [5.41, 5.74) is 10.2. The van der Waals surface area contributed by atoms with Crippen LogP contribution in [-0.2, 0) is 5.41 Å². The molecule has 2 aromatic carbocycles. The highest BCUT2D eigenvalue weighted by molar-refractivity contribution is 5.95. The average molecular weight is 391 g/mol. The normalized spacial score (nSPS) is 18.6. The second kappa shape index (κ2) is 6.40. The Morgan fingerprint density at radius 2 is 1.76 bits per heavy atom. The third kappa shape index (κ3) is 3.06. The van der Waals surface area contributed by atoms with E-state index in [1.165, 1.54) is 5.56 Å². The maximum Gasteiger partial charge on any atom is 0.212 e. The summed E-state index contributed by atoms with van der Waals surface area (Å²) in [5, 5.41) is 3.09. The van der Waals surface area contributed by atoms with Crippen LogP contribution in [0.15, 0.2) is 41.4 Å². The quantitative estimate of drug-likeness (QED) is 0.659. The minimum absolute atomic E-state index is 0.0940. The summed E-state index contributed by atoms with van der Waals surface area (Å²) in [7, 11) is 0. The number of hydrogen-bond acceptors (Lipinski definition) is 6. The van der Waals surface area contributed by atoms with Gasteiger partial charge in [0, 0.05) is 18.6 Å². The van der Waals surface area contributed by atoms with Crippen LogP contribution in [-0.4, -0.2) is 28.7 Å². The maximum absolute atomic E-state index is 6.08. The average Bonchev–Trinajstić information content (AvgIpc) is 2.86. The topological polar surface area (TPSA) is 86.7 Å². The van der Waals surface area contributed by atoms with Gasteiger partial charge >= 0.3 is 0 Å². The standard InChI is InChI=1S/C22H25N5O2/c1-22(2,3)14-7-5-13(6-8-14)19-25-20(23)26-21-24-15-11-17-18(12-16(15)27(19)21)29-10-4-9-28-17/h5-8,11-12,19H,4,9-10H2,1-3H3,(H3,23,24,25,26)/t19-/m0/s1. The van der Waals surface area contributed by atoms with Gasteiger partial charge in [0.1, 0.15) is 0 Å². The second-order valence-electron chi connectivity index (χ2n) is 8.53. The largest absolute Gasteiger partial charge is 0.489 e. The van der Waals surface area contributed by atoms with Crippen molar-refractivity contribution in [3.8, 4) is 11.5 Å². The van der Waals surface area contributed by atoms with Crippen LogP contribution in [0.2, 0.25) is 0 Å². The number of aromatic nitrogens is 2. The van der Waals surface area contributed by atoms with Crippen molar-refractivity contribution in [3.63, 3.8) is 0 Å². The van der Waals surface area contributed by atoms with Gasteiger partial charge in [0.05, 0.1) is 24.2 Å². The predicted octanol–water partition coefficient (Wildman–Crippen LogP) is 3.78. The van der Waals surface area contributed by atoms with Crippen LogP contribution in [0.4, 0.5) is 5.95 Å². The number of fused-ring (bicyclic) bond motifs is 4. The number of aliphatic imine (C=N–C) groups is 1. The van der Waals surface area contributed by atoms with Crippen molar-refractivity contribution in [3.05, 3.63) is 47.5 Å². The first-order valence-corrected chi connectivity index (χ1v) is 9.92. The minimum Gasteiger partial charge on any atom is -0.489 e. The first-order chi connectivity index (χ1) is 13.9. The molecule has 0 radical (unpaired) electrons. The first-order valence-electron chi connectivity index (χ1n) is 9.92. The number of nitrogens with two attached hydrogens (primary N) is 1. The van der Waals surface area contributed by atoms with E-state index < -0.39 is 0 Å². The van der Waals surface area contributed by atoms with Crippen molar-refractivity contribution in [2.75, 3.05) is 18.5 Å². The van der Waals surface area contributed by atoms with Crippen molar-refractivity contribution in [2.45, 2.75) is 38.8 Å². The fourth-order valence-corrected chi connectivity index (χ4v) is 3.80. The van der Waals surface area contributed by atoms with Gasteiger partial charge in [0.25, 0.3) is 0 Å². The van der Waals surface area contributed by atoms with E-state index in [1.54, 1.807) is 0 Å². The highest BCUT2D eigenvalue weighted by atomic mass is 16.5. The zero-order chi connectivity index (χ0) is 20.2. The van der Waals surface area contributed by atoms with E-state index in [9.17, 15) is 0 Å². The Morgan fingerprint density at radius 3 is 2.45 bits per heavy atom. The van der Waals surface area contributed by atoms with Crippen LogP contribution in [0, 0.1) is 0 Å². The van der Waals surface area contributed by atoms with Crippen molar-refractivity contribution in [1.29, 1.82) is 0 Å². The lowest BCUT2D eigenvalue weighted by Gasteiger charge is -2.25. The van der Waals surface area contributed by atoms with Crippen LogP contribution >= 0.6 is 0 Å². The lowest BCUT2D eigenvalue weighted by atomic mass is 9.86. The van der Waals surface area contributed by atoms with E-state index in [0.29, 0.717) is 25.1 Å². The summed E-state index contributed by atoms with van der Waals surface area (Å²) in [6, 6.07) is 12.5. The summed E-state index contributed by atoms with van der Waals surface area (Å²) in [6.07, 6.45) is 0.568. The van der Waals surface area contributed by atoms with Gasteiger partial charge in [-0.2, -0.15) is 0 Å². The monoisotopic (exact) mass is 391 g/mol. The van der Waals surface area contributed by atoms with Crippen LogP contribution in [0.1, 0.15) is 44.5 Å². The van der Waals surface area contributed by atoms with E-state index in [1.807, 2.05) is 12.1 Å². The molecule has 2 aliphatic heterocycles. The zero-order valence-electron chi connectivity index (χ0n) is 16.9. The molecule has 3 heterocycles. The van der Waals surface area contributed by atoms with Crippen LogP contribution < -0.4 is 20.5 Å². The molecular weight excluding hydrogens is 366 g/mol. The molecule has 3 aromatic rings. The fraction of sp³-hybridized carbons (Fsp3) is 0.364. The number of imidazole rings is 1. The molecule has 0 aliphatic carbocycles. The molecule has 0 spiro atoms. The number of nitrogens with zero attached hydrogens (tertiary/aromatic N) is 3. The molecule has 29 heavy (non-hydrogen) atoms. The van der Waals surface area contributed by atoms with Crippen molar-refractivity contribution in [2.24, 2.45) is 10.7 Å². The highest BCUT2D eigenvalue weighted by Crippen LogP contribution is 2.39. The van der Waals surface area contributed by atoms with Gasteiger partial charge in [0.2, 0.25) is 5.95 Å². The van der Waals surface area contributed by atoms with Crippen LogP contribution in [0.3, 0.4) is 0 Å². The number of hydrogen-bond donors (Lipinski definition) is 2. The molecule has 5 rings (SSSR count). The van der Waals surface area contributed by atoms with Crippen LogP contribution in [0.25, 0.3) is 11.0 Å². The first kappa shape index (κ1) is 17.8. The van der Waals surface area contributed by atoms with Gasteiger partial charge in [-0.3, -0.25) is 9.88 Å². The molecular formula is C22H25N5O2. The molecule has 2 aliphatic rings. The molecule has 7 nitrogen and oxygen atoms in total. The third-order valence-electron chi connectivity index (χ3n) is 5.38. The fourth-order valence-electron chi connectivity index (χ4n) is 3.80. The molecule has 1 atom stereocenters. The summed E-state index contributed by atoms with van der Waals surface area (Å²) < 4.78 is 13.8. The van der Waals surface area contributed by atoms with E-state index in [0.717, 1.165) is 34.5 Å². The number of guanidine groups is 1. The van der Waals surface area contributed by atoms with E-state index in [2.05, 4.69) is 59.9 Å². The number of benzene rings is 2. The molecule has 0 unspecified atom stereocenters. The maximum atomic E-state index is 6.08. The molecule has 0 bridgehead atoms. The van der Waals surface area contributed by atoms with Gasteiger partial charge in [-0.05, 0) is 16.5 Å². The number of ether oxygens (including phenoxy) is 2. The van der Waals surface area contributed by atoms with Crippen LogP contribution in [0.5, 0.6) is 11.5 Å². The summed E-state index contributed by atoms with van der Waals surface area (Å²) >= 11 is 0. The van der Waals surface area contributed by atoms with Gasteiger partial charge in [-0.15, -0.1) is 0 Å². The Labute approximate surface area is 169 Å². The number of anilines is 1. The number of rotatable bonds is 1. The Hall–Kier alpha value is -3.22. The molecule has 7 heteroatoms. The zero-order valence-corrected chi connectivity index (χ0v) is 16.9. The van der Waals surface area contributed by atoms with Gasteiger partial charge in [-0.25, -0.2) is 9.98 Å². The molecule has 0 saturated carbocycles. The Kier molecular flexibility index (Phi) is 3.94. The second-order valence-corrected chi connectivity index (χ2v) is 8.53. The molecule has 150 valence electrons. The molecule has 0 amide bonds. The van der Waals surface area contributed by atoms with Crippen molar-refractivity contribution >= 4 is 22.9 Å². The van der Waals surface area contributed by atoms with Crippen molar-refractivity contribution < 1.29 is 9.47 Å². The van der Waals surface area contributed by atoms with E-state index in [4.69, 9.17) is 20.2 Å². The minimum atomic E-state index is -0.296. The lowest BCUT2D eigenvalue weighted by molar-refractivity contribution is 0.297. The Balaban J connectivity index is 1.64. The van der Waals surface area contributed by atoms with Crippen molar-refractivity contribution in [1.82, 2.24) is 9.55 Å². The predicted molar refractivity (Wildman–Crippen MR) is 114 cm³/mol. The Morgan fingerprint density at radius 1 is 1.07 bits per heavy atom. The molecule has 3 N–H and O–H groups in total. The SMILES string of the molecule is CC(C)(C)c1ccc([C@H]2N=C(N)Nc3nc4cc5c(cc4n32)OCCCO5)cc1. The van der Waals surface area contributed by atoms with Gasteiger partial charge in [0.15, 0.2) is 23.6 Å². The van der Waals surface area contributed by atoms with Gasteiger partial charge in [-0.1, -0.05) is 45.0 Å². The van der Waals surface area contributed by atoms with E-state index in [-0.39, 0.29) is 11.6 Å². The third-order valence-corrected chi connectivity index (χ3v) is 5.38.